The van der Waals surface area contributed by atoms with Crippen molar-refractivity contribution in [1.29, 1.82) is 0 Å². The Balaban J connectivity index is 2.40. The molecule has 1 aliphatic heterocycles. The second-order valence-corrected chi connectivity index (χ2v) is 5.32. The molecule has 0 bridgehead atoms. The van der Waals surface area contributed by atoms with E-state index >= 15 is 0 Å². The second-order valence-electron chi connectivity index (χ2n) is 5.32. The van der Waals surface area contributed by atoms with Gasteiger partial charge in [0.15, 0.2) is 5.78 Å². The van der Waals surface area contributed by atoms with Crippen LogP contribution in [0.2, 0.25) is 0 Å². The molecule has 104 valence electrons. The van der Waals surface area contributed by atoms with Crippen LogP contribution in [0.15, 0.2) is 18.2 Å². The Hall–Kier alpha value is -1.38. The van der Waals surface area contributed by atoms with Crippen LogP contribution < -0.4 is 4.90 Å². The summed E-state index contributed by atoms with van der Waals surface area (Å²) in [7, 11) is 0. The van der Waals surface area contributed by atoms with E-state index in [1.165, 1.54) is 31.9 Å². The van der Waals surface area contributed by atoms with Gasteiger partial charge >= 0.3 is 0 Å². The molecule has 0 amide bonds. The van der Waals surface area contributed by atoms with Gasteiger partial charge in [-0.15, -0.1) is 0 Å². The molecular formula is C16H22FNO. The fourth-order valence-electron chi connectivity index (χ4n) is 2.96. The number of carbonyl (C=O) groups excluding carboxylic acids is 1. The van der Waals surface area contributed by atoms with Crippen molar-refractivity contribution in [3.63, 3.8) is 0 Å². The third-order valence-electron chi connectivity index (χ3n) is 4.00. The first-order valence-electron chi connectivity index (χ1n) is 7.20. The van der Waals surface area contributed by atoms with Crippen molar-refractivity contribution in [3.8, 4) is 0 Å². The molecule has 1 saturated heterocycles. The van der Waals surface area contributed by atoms with Gasteiger partial charge in [0.2, 0.25) is 0 Å². The Morgan fingerprint density at radius 1 is 1.37 bits per heavy atom. The van der Waals surface area contributed by atoms with E-state index in [1.54, 1.807) is 6.07 Å². The summed E-state index contributed by atoms with van der Waals surface area (Å²) in [6, 6.07) is 5.06. The van der Waals surface area contributed by atoms with Crippen LogP contribution in [-0.4, -0.2) is 18.4 Å². The summed E-state index contributed by atoms with van der Waals surface area (Å²) in [6.07, 6.45) is 5.85. The Labute approximate surface area is 114 Å². The van der Waals surface area contributed by atoms with Gasteiger partial charge in [0.25, 0.3) is 0 Å². The Morgan fingerprint density at radius 2 is 2.16 bits per heavy atom. The molecular weight excluding hydrogens is 241 g/mol. The molecule has 1 fully saturated rings. The molecule has 19 heavy (non-hydrogen) atoms. The van der Waals surface area contributed by atoms with Crippen LogP contribution in [0.5, 0.6) is 0 Å². The Morgan fingerprint density at radius 3 is 2.84 bits per heavy atom. The second kappa shape index (κ2) is 6.18. The van der Waals surface area contributed by atoms with Crippen LogP contribution in [0.25, 0.3) is 0 Å². The van der Waals surface area contributed by atoms with Crippen molar-refractivity contribution < 1.29 is 9.18 Å². The van der Waals surface area contributed by atoms with Gasteiger partial charge in [0, 0.05) is 23.8 Å². The van der Waals surface area contributed by atoms with Crippen molar-refractivity contribution in [2.24, 2.45) is 0 Å². The zero-order valence-corrected chi connectivity index (χ0v) is 11.8. The number of benzene rings is 1. The number of nitrogens with zero attached hydrogens (tertiary/aromatic N) is 1. The topological polar surface area (TPSA) is 20.3 Å². The lowest BCUT2D eigenvalue weighted by molar-refractivity contribution is 0.101. The maximum Gasteiger partial charge on any atom is 0.161 e. The Kier molecular flexibility index (Phi) is 4.56. The van der Waals surface area contributed by atoms with E-state index in [2.05, 4.69) is 11.8 Å². The number of carbonyl (C=O) groups is 1. The minimum absolute atomic E-state index is 0.0615. The lowest BCUT2D eigenvalue weighted by Crippen LogP contribution is -2.35. The van der Waals surface area contributed by atoms with E-state index < -0.39 is 0 Å². The van der Waals surface area contributed by atoms with Crippen LogP contribution >= 0.6 is 0 Å². The van der Waals surface area contributed by atoms with Gasteiger partial charge in [-0.2, -0.15) is 0 Å². The lowest BCUT2D eigenvalue weighted by atomic mass is 10.0. The van der Waals surface area contributed by atoms with Gasteiger partial charge in [0.05, 0.1) is 0 Å². The zero-order chi connectivity index (χ0) is 13.8. The number of hydrogen-bond acceptors (Lipinski definition) is 2. The molecule has 0 spiro atoms. The summed E-state index contributed by atoms with van der Waals surface area (Å²) >= 11 is 0. The van der Waals surface area contributed by atoms with E-state index in [0.29, 0.717) is 11.6 Å². The molecule has 0 aromatic heterocycles. The molecule has 1 heterocycles. The third-order valence-corrected chi connectivity index (χ3v) is 4.00. The molecule has 1 aromatic carbocycles. The van der Waals surface area contributed by atoms with E-state index in [0.717, 1.165) is 31.5 Å². The molecule has 0 aliphatic carbocycles. The summed E-state index contributed by atoms with van der Waals surface area (Å²) < 4.78 is 13.4. The first-order valence-corrected chi connectivity index (χ1v) is 7.20. The predicted molar refractivity (Wildman–Crippen MR) is 76.3 cm³/mol. The zero-order valence-electron chi connectivity index (χ0n) is 11.8. The highest BCUT2D eigenvalue weighted by atomic mass is 19.1. The van der Waals surface area contributed by atoms with Crippen molar-refractivity contribution in [1.82, 2.24) is 0 Å². The molecule has 1 aromatic rings. The van der Waals surface area contributed by atoms with E-state index in [-0.39, 0.29) is 11.6 Å². The first kappa shape index (κ1) is 14.0. The van der Waals surface area contributed by atoms with Gasteiger partial charge in [-0.25, -0.2) is 4.39 Å². The molecule has 0 saturated carbocycles. The number of anilines is 1. The lowest BCUT2D eigenvalue weighted by Gasteiger charge is -2.32. The molecule has 0 radical (unpaired) electrons. The summed E-state index contributed by atoms with van der Waals surface area (Å²) in [5.74, 6) is -0.398. The maximum atomic E-state index is 13.4. The molecule has 1 atom stereocenters. The summed E-state index contributed by atoms with van der Waals surface area (Å²) in [5.41, 5.74) is 1.42. The largest absolute Gasteiger partial charge is 0.368 e. The van der Waals surface area contributed by atoms with Gasteiger partial charge in [-0.3, -0.25) is 4.79 Å². The monoisotopic (exact) mass is 263 g/mol. The highest BCUT2D eigenvalue weighted by Crippen LogP contribution is 2.29. The Bertz CT molecular complexity index is 458. The summed E-state index contributed by atoms with van der Waals surface area (Å²) in [4.78, 5) is 14.1. The van der Waals surface area contributed by atoms with Gasteiger partial charge < -0.3 is 4.90 Å². The van der Waals surface area contributed by atoms with Gasteiger partial charge in [-0.1, -0.05) is 19.8 Å². The standard InChI is InChI=1S/C16H22FNO/c1-3-14-7-5-4-6-10-18(14)16-9-8-13(17)11-15(16)12(2)19/h8-9,11,14H,3-7,10H2,1-2H3. The van der Waals surface area contributed by atoms with Crippen molar-refractivity contribution in [2.75, 3.05) is 11.4 Å². The molecule has 1 unspecified atom stereocenters. The SMILES string of the molecule is CCC1CCCCCN1c1ccc(F)cc1C(C)=O. The van der Waals surface area contributed by atoms with Crippen LogP contribution in [-0.2, 0) is 0 Å². The fraction of sp³-hybridized carbons (Fsp3) is 0.562. The smallest absolute Gasteiger partial charge is 0.161 e. The highest BCUT2D eigenvalue weighted by Gasteiger charge is 2.23. The molecule has 2 nitrogen and oxygen atoms in total. The summed E-state index contributed by atoms with van der Waals surface area (Å²) in [5, 5.41) is 0. The van der Waals surface area contributed by atoms with Gasteiger partial charge in [-0.05, 0) is 44.4 Å². The van der Waals surface area contributed by atoms with E-state index in [9.17, 15) is 9.18 Å². The number of rotatable bonds is 3. The third kappa shape index (κ3) is 3.14. The van der Waals surface area contributed by atoms with Crippen LogP contribution in [0.1, 0.15) is 56.3 Å². The fourth-order valence-corrected chi connectivity index (χ4v) is 2.96. The predicted octanol–water partition coefficient (Wildman–Crippen LogP) is 4.19. The average Bonchev–Trinajstić information content (AvgIpc) is 2.63. The van der Waals surface area contributed by atoms with Crippen LogP contribution in [0, 0.1) is 5.82 Å². The molecule has 3 heteroatoms. The van der Waals surface area contributed by atoms with Gasteiger partial charge in [0.1, 0.15) is 5.82 Å². The van der Waals surface area contributed by atoms with Crippen LogP contribution in [0.3, 0.4) is 0 Å². The molecule has 2 rings (SSSR count). The minimum atomic E-state index is -0.336. The van der Waals surface area contributed by atoms with E-state index in [4.69, 9.17) is 0 Å². The van der Waals surface area contributed by atoms with Crippen molar-refractivity contribution in [2.45, 2.75) is 52.0 Å². The quantitative estimate of drug-likeness (QED) is 0.762. The highest BCUT2D eigenvalue weighted by molar-refractivity contribution is 5.99. The van der Waals surface area contributed by atoms with E-state index in [1.807, 2.05) is 0 Å². The van der Waals surface area contributed by atoms with Crippen LogP contribution in [0.4, 0.5) is 10.1 Å². The molecule has 0 N–H and O–H groups in total. The number of halogens is 1. The number of ketones is 1. The van der Waals surface area contributed by atoms with Crippen molar-refractivity contribution in [3.05, 3.63) is 29.6 Å². The summed E-state index contributed by atoms with van der Waals surface area (Å²) in [6.45, 7) is 4.65. The number of Topliss-reactive ketones (excluding diaryl/α,β-unsaturated/α-hetero) is 1. The average molecular weight is 263 g/mol. The molecule has 1 aliphatic rings. The maximum absolute atomic E-state index is 13.4. The first-order chi connectivity index (χ1) is 9.13. The van der Waals surface area contributed by atoms with Crippen molar-refractivity contribution >= 4 is 11.5 Å². The minimum Gasteiger partial charge on any atom is -0.368 e. The number of hydrogen-bond donors (Lipinski definition) is 0. The normalized spacial score (nSPS) is 20.2.